The van der Waals surface area contributed by atoms with Crippen molar-refractivity contribution in [1.82, 2.24) is 19.7 Å². The number of hydrogen-bond acceptors (Lipinski definition) is 7. The normalized spacial score (nSPS) is 11.3. The summed E-state index contributed by atoms with van der Waals surface area (Å²) in [7, 11) is -1.60. The van der Waals surface area contributed by atoms with Gasteiger partial charge in [0.05, 0.1) is 23.8 Å². The van der Waals surface area contributed by atoms with Crippen molar-refractivity contribution >= 4 is 50.6 Å². The van der Waals surface area contributed by atoms with E-state index >= 15 is 0 Å². The highest BCUT2D eigenvalue weighted by Crippen LogP contribution is 2.29. The van der Waals surface area contributed by atoms with E-state index in [-0.39, 0.29) is 5.02 Å². The number of sulfonamides is 1. The van der Waals surface area contributed by atoms with Gasteiger partial charge in [-0.3, -0.25) is 9.40 Å². The maximum absolute atomic E-state index is 11.5. The molecule has 27 heavy (non-hydrogen) atoms. The van der Waals surface area contributed by atoms with Crippen LogP contribution >= 0.6 is 11.6 Å². The molecule has 0 bridgehead atoms. The van der Waals surface area contributed by atoms with Crippen LogP contribution in [0.2, 0.25) is 5.02 Å². The SMILES string of the molecule is Cc1cc(Nc2ncc(Cl)c(Nc3ccccc3NS(C)(=O)=O)n2)nn1C. The number of benzene rings is 1. The monoisotopic (exact) mass is 407 g/mol. The third kappa shape index (κ3) is 4.86. The molecule has 1 aromatic carbocycles. The van der Waals surface area contributed by atoms with Crippen molar-refractivity contribution in [2.45, 2.75) is 6.92 Å². The summed E-state index contributed by atoms with van der Waals surface area (Å²) in [5, 5.41) is 10.6. The molecule has 0 aliphatic rings. The molecular weight excluding hydrogens is 390 g/mol. The number of aryl methyl sites for hydroxylation is 2. The first-order chi connectivity index (χ1) is 12.7. The van der Waals surface area contributed by atoms with Gasteiger partial charge in [0.15, 0.2) is 11.6 Å². The van der Waals surface area contributed by atoms with E-state index in [9.17, 15) is 8.42 Å². The van der Waals surface area contributed by atoms with Crippen LogP contribution in [0.5, 0.6) is 0 Å². The quantitative estimate of drug-likeness (QED) is 0.575. The molecule has 3 N–H and O–H groups in total. The van der Waals surface area contributed by atoms with Crippen LogP contribution in [0.1, 0.15) is 5.69 Å². The van der Waals surface area contributed by atoms with Crippen LogP contribution in [0.3, 0.4) is 0 Å². The van der Waals surface area contributed by atoms with Crippen LogP contribution in [0.15, 0.2) is 36.5 Å². The molecule has 0 amide bonds. The average molecular weight is 408 g/mol. The summed E-state index contributed by atoms with van der Waals surface area (Å²) in [6, 6.07) is 8.68. The van der Waals surface area contributed by atoms with Crippen LogP contribution in [0, 0.1) is 6.92 Å². The van der Waals surface area contributed by atoms with Gasteiger partial charge >= 0.3 is 0 Å². The van der Waals surface area contributed by atoms with Gasteiger partial charge in [-0.15, -0.1) is 0 Å². The van der Waals surface area contributed by atoms with Gasteiger partial charge in [-0.1, -0.05) is 23.7 Å². The lowest BCUT2D eigenvalue weighted by Gasteiger charge is -2.13. The van der Waals surface area contributed by atoms with E-state index in [0.717, 1.165) is 11.9 Å². The smallest absolute Gasteiger partial charge is 0.230 e. The highest BCUT2D eigenvalue weighted by atomic mass is 35.5. The summed E-state index contributed by atoms with van der Waals surface area (Å²) in [5.41, 5.74) is 1.86. The number of hydrogen-bond donors (Lipinski definition) is 3. The molecule has 3 aromatic rings. The van der Waals surface area contributed by atoms with Gasteiger partial charge in [-0.05, 0) is 19.1 Å². The summed E-state index contributed by atoms with van der Waals surface area (Å²) in [4.78, 5) is 8.49. The molecule has 0 aliphatic carbocycles. The summed E-state index contributed by atoms with van der Waals surface area (Å²) in [5.74, 6) is 1.22. The lowest BCUT2D eigenvalue weighted by Crippen LogP contribution is -2.11. The van der Waals surface area contributed by atoms with Gasteiger partial charge in [0.2, 0.25) is 16.0 Å². The van der Waals surface area contributed by atoms with Crippen LogP contribution in [-0.2, 0) is 17.1 Å². The Morgan fingerprint density at radius 3 is 2.48 bits per heavy atom. The van der Waals surface area contributed by atoms with Gasteiger partial charge in [0.1, 0.15) is 5.02 Å². The summed E-state index contributed by atoms with van der Waals surface area (Å²) in [6.07, 6.45) is 2.53. The third-order valence-electron chi connectivity index (χ3n) is 3.57. The molecule has 2 aromatic heterocycles. The van der Waals surface area contributed by atoms with E-state index in [1.54, 1.807) is 28.9 Å². The van der Waals surface area contributed by atoms with Crippen molar-refractivity contribution in [3.8, 4) is 0 Å². The zero-order chi connectivity index (χ0) is 19.6. The zero-order valence-corrected chi connectivity index (χ0v) is 16.4. The Morgan fingerprint density at radius 1 is 1.15 bits per heavy atom. The fourth-order valence-electron chi connectivity index (χ4n) is 2.26. The Hall–Kier alpha value is -2.85. The Kier molecular flexibility index (Phi) is 5.19. The molecule has 0 saturated carbocycles. The molecule has 0 unspecified atom stereocenters. The zero-order valence-electron chi connectivity index (χ0n) is 14.9. The van der Waals surface area contributed by atoms with Crippen molar-refractivity contribution in [3.05, 3.63) is 47.2 Å². The van der Waals surface area contributed by atoms with Crippen molar-refractivity contribution in [2.75, 3.05) is 21.6 Å². The van der Waals surface area contributed by atoms with E-state index in [1.807, 2.05) is 20.0 Å². The molecule has 9 nitrogen and oxygen atoms in total. The van der Waals surface area contributed by atoms with Crippen molar-refractivity contribution in [2.24, 2.45) is 7.05 Å². The first-order valence-corrected chi connectivity index (χ1v) is 10.1. The number of anilines is 5. The van der Waals surface area contributed by atoms with Crippen LogP contribution in [0.4, 0.5) is 29.0 Å². The predicted molar refractivity (Wildman–Crippen MR) is 106 cm³/mol. The molecule has 0 spiro atoms. The largest absolute Gasteiger partial charge is 0.337 e. The van der Waals surface area contributed by atoms with Gasteiger partial charge in [-0.25, -0.2) is 13.4 Å². The molecule has 0 atom stereocenters. The number of halogens is 1. The van der Waals surface area contributed by atoms with E-state index in [1.165, 1.54) is 6.20 Å². The van der Waals surface area contributed by atoms with Gasteiger partial charge in [0.25, 0.3) is 0 Å². The van der Waals surface area contributed by atoms with E-state index in [4.69, 9.17) is 11.6 Å². The topological polar surface area (TPSA) is 114 Å². The van der Waals surface area contributed by atoms with Crippen LogP contribution in [0.25, 0.3) is 0 Å². The minimum atomic E-state index is -3.43. The maximum atomic E-state index is 11.5. The second kappa shape index (κ2) is 7.41. The second-order valence-corrected chi connectivity index (χ2v) is 8.01. The minimum absolute atomic E-state index is 0.284. The van der Waals surface area contributed by atoms with E-state index in [2.05, 4.69) is 30.4 Å². The predicted octanol–water partition coefficient (Wildman–Crippen LogP) is 3.03. The van der Waals surface area contributed by atoms with Gasteiger partial charge in [-0.2, -0.15) is 10.1 Å². The molecule has 142 valence electrons. The van der Waals surface area contributed by atoms with E-state index in [0.29, 0.717) is 29.0 Å². The summed E-state index contributed by atoms with van der Waals surface area (Å²) >= 11 is 6.19. The third-order valence-corrected chi connectivity index (χ3v) is 4.44. The molecule has 2 heterocycles. The fourth-order valence-corrected chi connectivity index (χ4v) is 2.98. The van der Waals surface area contributed by atoms with E-state index < -0.39 is 10.0 Å². The maximum Gasteiger partial charge on any atom is 0.230 e. The van der Waals surface area contributed by atoms with Gasteiger partial charge < -0.3 is 10.6 Å². The standard InChI is InChI=1S/C16H18ClN7O2S/c1-10-8-14(22-24(10)2)20-16-18-9-11(17)15(21-16)19-12-6-4-5-7-13(12)23-27(3,25)26/h4-9,23H,1-3H3,(H2,18,19,20,21,22). The highest BCUT2D eigenvalue weighted by Gasteiger charge is 2.12. The summed E-state index contributed by atoms with van der Waals surface area (Å²) < 4.78 is 27.3. The lowest BCUT2D eigenvalue weighted by molar-refractivity contribution is 0.607. The van der Waals surface area contributed by atoms with Gasteiger partial charge in [0, 0.05) is 18.8 Å². The average Bonchev–Trinajstić information content (AvgIpc) is 2.89. The second-order valence-electron chi connectivity index (χ2n) is 5.85. The van der Waals surface area contributed by atoms with Crippen molar-refractivity contribution < 1.29 is 8.42 Å². The molecular formula is C16H18ClN7O2S. The van der Waals surface area contributed by atoms with Crippen molar-refractivity contribution in [3.63, 3.8) is 0 Å². The lowest BCUT2D eigenvalue weighted by atomic mass is 10.2. The molecule has 0 radical (unpaired) electrons. The summed E-state index contributed by atoms with van der Waals surface area (Å²) in [6.45, 7) is 1.93. The fraction of sp³-hybridized carbons (Fsp3) is 0.188. The Labute approximate surface area is 161 Å². The number of nitrogens with zero attached hydrogens (tertiary/aromatic N) is 4. The minimum Gasteiger partial charge on any atom is -0.337 e. The molecule has 0 aliphatic heterocycles. The molecule has 0 fully saturated rings. The first-order valence-electron chi connectivity index (χ1n) is 7.85. The molecule has 11 heteroatoms. The van der Waals surface area contributed by atoms with Crippen LogP contribution in [-0.4, -0.2) is 34.4 Å². The number of para-hydroxylation sites is 2. The number of rotatable bonds is 6. The number of aromatic nitrogens is 4. The van der Waals surface area contributed by atoms with Crippen LogP contribution < -0.4 is 15.4 Å². The Morgan fingerprint density at radius 2 is 1.85 bits per heavy atom. The first kappa shape index (κ1) is 18.9. The van der Waals surface area contributed by atoms with Crippen molar-refractivity contribution in [1.29, 1.82) is 0 Å². The Bertz CT molecular complexity index is 1060. The number of nitrogens with one attached hydrogen (secondary N) is 3. The molecule has 0 saturated heterocycles. The molecule has 3 rings (SSSR count). The Balaban J connectivity index is 1.87. The highest BCUT2D eigenvalue weighted by molar-refractivity contribution is 7.92.